The Morgan fingerprint density at radius 1 is 1.10 bits per heavy atom. The van der Waals surface area contributed by atoms with Gasteiger partial charge in [-0.1, -0.05) is 29.3 Å². The van der Waals surface area contributed by atoms with Crippen LogP contribution in [0.25, 0.3) is 0 Å². The summed E-state index contributed by atoms with van der Waals surface area (Å²) in [6.07, 6.45) is 1.53. The molecule has 4 nitrogen and oxygen atoms in total. The van der Waals surface area contributed by atoms with Gasteiger partial charge < -0.3 is 0 Å². The van der Waals surface area contributed by atoms with Crippen molar-refractivity contribution in [2.75, 3.05) is 4.72 Å². The van der Waals surface area contributed by atoms with E-state index in [9.17, 15) is 8.42 Å². The van der Waals surface area contributed by atoms with Crippen molar-refractivity contribution in [3.05, 3.63) is 52.3 Å². The van der Waals surface area contributed by atoms with Gasteiger partial charge in [0.25, 0.3) is 10.0 Å². The van der Waals surface area contributed by atoms with Crippen molar-refractivity contribution >= 4 is 27.3 Å². The predicted molar refractivity (Wildman–Crippen MR) is 80.7 cm³/mol. The van der Waals surface area contributed by atoms with E-state index in [4.69, 9.17) is 11.6 Å². The van der Waals surface area contributed by atoms with Gasteiger partial charge in [0.1, 0.15) is 0 Å². The number of rotatable bonds is 3. The summed E-state index contributed by atoms with van der Waals surface area (Å²) < 4.78 is 27.4. The van der Waals surface area contributed by atoms with Gasteiger partial charge in [-0.05, 0) is 44.0 Å². The van der Waals surface area contributed by atoms with E-state index in [-0.39, 0.29) is 10.0 Å². The second-order valence-corrected chi connectivity index (χ2v) is 6.68. The molecular formula is C14H15ClN2O2S. The van der Waals surface area contributed by atoms with Gasteiger partial charge in [0.05, 0.1) is 10.6 Å². The minimum Gasteiger partial charge on any atom is -0.276 e. The van der Waals surface area contributed by atoms with Gasteiger partial charge in [-0.25, -0.2) is 13.4 Å². The molecule has 6 heteroatoms. The van der Waals surface area contributed by atoms with Crippen LogP contribution in [-0.4, -0.2) is 13.4 Å². The van der Waals surface area contributed by atoms with Crippen molar-refractivity contribution in [2.45, 2.75) is 25.7 Å². The highest BCUT2D eigenvalue weighted by molar-refractivity contribution is 7.92. The van der Waals surface area contributed by atoms with Crippen LogP contribution in [0.5, 0.6) is 0 Å². The Hall–Kier alpha value is -1.59. The number of anilines is 1. The molecule has 0 radical (unpaired) electrons. The Morgan fingerprint density at radius 3 is 2.40 bits per heavy atom. The highest BCUT2D eigenvalue weighted by Crippen LogP contribution is 2.27. The molecule has 0 atom stereocenters. The molecule has 1 heterocycles. The molecule has 1 N–H and O–H groups in total. The predicted octanol–water partition coefficient (Wildman–Crippen LogP) is 3.46. The number of nitrogens with zero attached hydrogens (tertiary/aromatic N) is 1. The second kappa shape index (κ2) is 5.42. The minimum atomic E-state index is -3.68. The summed E-state index contributed by atoms with van der Waals surface area (Å²) >= 11 is 5.95. The van der Waals surface area contributed by atoms with E-state index in [0.717, 1.165) is 11.1 Å². The van der Waals surface area contributed by atoms with Gasteiger partial charge in [-0.2, -0.15) is 0 Å². The molecule has 0 fully saturated rings. The number of hydrogen-bond donors (Lipinski definition) is 1. The van der Waals surface area contributed by atoms with Crippen LogP contribution in [0.15, 0.2) is 35.4 Å². The van der Waals surface area contributed by atoms with E-state index in [1.165, 1.54) is 6.20 Å². The lowest BCUT2D eigenvalue weighted by molar-refractivity contribution is 0.600. The van der Waals surface area contributed by atoms with Crippen molar-refractivity contribution in [1.29, 1.82) is 0 Å². The number of hydrogen-bond acceptors (Lipinski definition) is 3. The van der Waals surface area contributed by atoms with E-state index in [1.807, 2.05) is 13.0 Å². The summed E-state index contributed by atoms with van der Waals surface area (Å²) in [7, 11) is -3.68. The molecule has 0 saturated heterocycles. The number of halogens is 1. The quantitative estimate of drug-likeness (QED) is 0.883. The standard InChI is InChI=1S/C14H15ClN2O2S/c1-9-4-5-12(11(3)8-9)20(18,19)17-13-10(2)6-7-16-14(13)15/h4-8,17H,1-3H3. The maximum absolute atomic E-state index is 12.4. The first-order valence-electron chi connectivity index (χ1n) is 6.02. The zero-order valence-electron chi connectivity index (χ0n) is 11.4. The topological polar surface area (TPSA) is 59.1 Å². The van der Waals surface area contributed by atoms with Crippen molar-refractivity contribution in [1.82, 2.24) is 4.98 Å². The summed E-state index contributed by atoms with van der Waals surface area (Å²) in [6, 6.07) is 6.88. The van der Waals surface area contributed by atoms with E-state index < -0.39 is 10.0 Å². The largest absolute Gasteiger partial charge is 0.276 e. The Kier molecular flexibility index (Phi) is 4.01. The zero-order chi connectivity index (χ0) is 14.9. The third-order valence-electron chi connectivity index (χ3n) is 2.97. The van der Waals surface area contributed by atoms with Crippen molar-refractivity contribution < 1.29 is 8.42 Å². The van der Waals surface area contributed by atoms with E-state index in [2.05, 4.69) is 9.71 Å². The fourth-order valence-corrected chi connectivity index (χ4v) is 3.61. The van der Waals surface area contributed by atoms with Gasteiger partial charge in [0.2, 0.25) is 0 Å². The fourth-order valence-electron chi connectivity index (χ4n) is 1.94. The number of benzene rings is 1. The van der Waals surface area contributed by atoms with Crippen LogP contribution in [0.3, 0.4) is 0 Å². The molecule has 20 heavy (non-hydrogen) atoms. The SMILES string of the molecule is Cc1ccc(S(=O)(=O)Nc2c(C)ccnc2Cl)c(C)c1. The van der Waals surface area contributed by atoms with Crippen LogP contribution >= 0.6 is 11.6 Å². The highest BCUT2D eigenvalue weighted by atomic mass is 35.5. The minimum absolute atomic E-state index is 0.137. The zero-order valence-corrected chi connectivity index (χ0v) is 13.0. The maximum Gasteiger partial charge on any atom is 0.262 e. The van der Waals surface area contributed by atoms with E-state index >= 15 is 0 Å². The summed E-state index contributed by atoms with van der Waals surface area (Å²) in [4.78, 5) is 4.13. The van der Waals surface area contributed by atoms with Gasteiger partial charge in [-0.3, -0.25) is 4.72 Å². The lowest BCUT2D eigenvalue weighted by Gasteiger charge is -2.13. The molecule has 2 aromatic rings. The third-order valence-corrected chi connectivity index (χ3v) is 4.77. The smallest absolute Gasteiger partial charge is 0.262 e. The van der Waals surface area contributed by atoms with Crippen molar-refractivity contribution in [3.63, 3.8) is 0 Å². The van der Waals surface area contributed by atoms with Gasteiger partial charge >= 0.3 is 0 Å². The Morgan fingerprint density at radius 2 is 1.80 bits per heavy atom. The monoisotopic (exact) mass is 310 g/mol. The number of nitrogens with one attached hydrogen (secondary N) is 1. The molecule has 0 spiro atoms. The average molecular weight is 311 g/mol. The molecule has 1 aromatic heterocycles. The van der Waals surface area contributed by atoms with Crippen LogP contribution in [0.2, 0.25) is 5.15 Å². The second-order valence-electron chi connectivity index (χ2n) is 4.67. The molecule has 1 aromatic carbocycles. The molecule has 106 valence electrons. The normalized spacial score (nSPS) is 11.4. The lowest BCUT2D eigenvalue weighted by atomic mass is 10.2. The van der Waals surface area contributed by atoms with Gasteiger partial charge in [0, 0.05) is 6.20 Å². The van der Waals surface area contributed by atoms with Crippen molar-refractivity contribution in [2.24, 2.45) is 0 Å². The maximum atomic E-state index is 12.4. The van der Waals surface area contributed by atoms with E-state index in [1.54, 1.807) is 32.0 Å². The molecule has 0 amide bonds. The molecule has 0 aliphatic rings. The van der Waals surface area contributed by atoms with Crippen LogP contribution in [-0.2, 0) is 10.0 Å². The first-order valence-corrected chi connectivity index (χ1v) is 7.88. The number of aromatic nitrogens is 1. The lowest BCUT2D eigenvalue weighted by Crippen LogP contribution is -2.15. The van der Waals surface area contributed by atoms with Crippen molar-refractivity contribution in [3.8, 4) is 0 Å². The summed E-state index contributed by atoms with van der Waals surface area (Å²) in [5.74, 6) is 0. The molecule has 0 saturated carbocycles. The van der Waals surface area contributed by atoms with E-state index in [0.29, 0.717) is 11.3 Å². The molecule has 0 unspecified atom stereocenters. The Bertz CT molecular complexity index is 738. The third kappa shape index (κ3) is 2.94. The first-order chi connectivity index (χ1) is 9.31. The molecule has 2 rings (SSSR count). The molecule has 0 bridgehead atoms. The molecule has 0 aliphatic heterocycles. The Labute approximate surface area is 123 Å². The van der Waals surface area contributed by atoms with Gasteiger partial charge in [-0.15, -0.1) is 0 Å². The summed E-state index contributed by atoms with van der Waals surface area (Å²) in [5.41, 5.74) is 2.74. The van der Waals surface area contributed by atoms with Crippen LogP contribution in [0.1, 0.15) is 16.7 Å². The number of pyridine rings is 1. The Balaban J connectivity index is 2.46. The van der Waals surface area contributed by atoms with Crippen LogP contribution < -0.4 is 4.72 Å². The highest BCUT2D eigenvalue weighted by Gasteiger charge is 2.19. The average Bonchev–Trinajstić information content (AvgIpc) is 2.33. The summed E-state index contributed by atoms with van der Waals surface area (Å²) in [5, 5.41) is 0.137. The van der Waals surface area contributed by atoms with Crippen LogP contribution in [0, 0.1) is 20.8 Å². The summed E-state index contributed by atoms with van der Waals surface area (Å²) in [6.45, 7) is 5.45. The fraction of sp³-hybridized carbons (Fsp3) is 0.214. The first kappa shape index (κ1) is 14.8. The van der Waals surface area contributed by atoms with Gasteiger partial charge in [0.15, 0.2) is 5.15 Å². The number of aryl methyl sites for hydroxylation is 3. The van der Waals surface area contributed by atoms with Crippen LogP contribution in [0.4, 0.5) is 5.69 Å². The number of sulfonamides is 1. The molecular weight excluding hydrogens is 296 g/mol. The molecule has 0 aliphatic carbocycles.